The highest BCUT2D eigenvalue weighted by Crippen LogP contribution is 2.37. The van der Waals surface area contributed by atoms with Crippen LogP contribution >= 0.6 is 23.1 Å². The van der Waals surface area contributed by atoms with E-state index in [-0.39, 0.29) is 10.8 Å². The van der Waals surface area contributed by atoms with Crippen molar-refractivity contribution < 1.29 is 4.79 Å². The van der Waals surface area contributed by atoms with Gasteiger partial charge in [0, 0.05) is 79.6 Å². The molecule has 2 aliphatic rings. The van der Waals surface area contributed by atoms with Crippen LogP contribution in [0.1, 0.15) is 30.5 Å². The monoisotopic (exact) mass is 575 g/mol. The van der Waals surface area contributed by atoms with E-state index in [0.717, 1.165) is 90.5 Å². The number of rotatable bonds is 9. The fourth-order valence-electron chi connectivity index (χ4n) is 6.29. The Balaban J connectivity index is 1.09. The van der Waals surface area contributed by atoms with Crippen molar-refractivity contribution in [1.82, 2.24) is 25.1 Å². The number of anilines is 1. The first kappa shape index (κ1) is 27.4. The highest BCUT2D eigenvalue weighted by molar-refractivity contribution is 8.00. The van der Waals surface area contributed by atoms with E-state index >= 15 is 0 Å². The summed E-state index contributed by atoms with van der Waals surface area (Å²) in [6.07, 6.45) is 9.25. The summed E-state index contributed by atoms with van der Waals surface area (Å²) in [7, 11) is 0. The molecule has 10 heteroatoms. The minimum absolute atomic E-state index is 0.130. The lowest BCUT2D eigenvalue weighted by atomic mass is 9.89. The number of nitrogens with two attached hydrogens (primary N) is 1. The van der Waals surface area contributed by atoms with Gasteiger partial charge in [0.15, 0.2) is 10.9 Å². The lowest BCUT2D eigenvalue weighted by Crippen LogP contribution is -2.47. The van der Waals surface area contributed by atoms with Crippen molar-refractivity contribution >= 4 is 44.9 Å². The highest BCUT2D eigenvalue weighted by Gasteiger charge is 2.44. The van der Waals surface area contributed by atoms with E-state index in [2.05, 4.69) is 48.4 Å². The van der Waals surface area contributed by atoms with Crippen molar-refractivity contribution in [3.8, 4) is 11.3 Å². The molecule has 40 heavy (non-hydrogen) atoms. The van der Waals surface area contributed by atoms with Gasteiger partial charge in [0.2, 0.25) is 0 Å². The predicted molar refractivity (Wildman–Crippen MR) is 165 cm³/mol. The molecule has 3 aromatic heterocycles. The molecule has 0 radical (unpaired) electrons. The van der Waals surface area contributed by atoms with Gasteiger partial charge in [-0.3, -0.25) is 19.8 Å². The predicted octanol–water partition coefficient (Wildman–Crippen LogP) is 4.55. The summed E-state index contributed by atoms with van der Waals surface area (Å²) in [6.45, 7) is 6.56. The summed E-state index contributed by atoms with van der Waals surface area (Å²) in [5, 5.41) is 11.9. The van der Waals surface area contributed by atoms with Crippen molar-refractivity contribution in [1.29, 1.82) is 0 Å². The van der Waals surface area contributed by atoms with E-state index in [9.17, 15) is 4.79 Å². The number of fused-ring (bicyclic) bond motifs is 1. The van der Waals surface area contributed by atoms with Gasteiger partial charge in [0.25, 0.3) is 0 Å². The van der Waals surface area contributed by atoms with Gasteiger partial charge in [-0.05, 0) is 68.2 Å². The van der Waals surface area contributed by atoms with E-state index in [1.807, 2.05) is 42.9 Å². The number of pyridine rings is 1. The third-order valence-corrected chi connectivity index (χ3v) is 10.9. The second kappa shape index (κ2) is 11.6. The standard InChI is InChI=1S/C30H37N7OS2/c1-20-15-23(5-9-32-20)28-24-16-21(3-4-26(24)34-35-28)17-27(38)30(39-2)8-13-36(19-30)18-25(31)22-6-11-37(12-7-22)29-33-10-14-40-29/h3-5,9-10,14-16,22,25H,6-8,11-13,17-19,31H2,1-2H3,(H,34,35)/t25?,30-/m0/s1. The largest absolute Gasteiger partial charge is 0.348 e. The molecule has 0 amide bonds. The van der Waals surface area contributed by atoms with Crippen LogP contribution in [0, 0.1) is 12.8 Å². The number of aromatic nitrogens is 4. The number of hydrogen-bond donors (Lipinski definition) is 2. The number of thiazole rings is 1. The highest BCUT2D eigenvalue weighted by atomic mass is 32.2. The third-order valence-electron chi connectivity index (χ3n) is 8.68. The van der Waals surface area contributed by atoms with Crippen LogP contribution in [0.5, 0.6) is 0 Å². The maximum absolute atomic E-state index is 13.8. The molecule has 6 rings (SSSR count). The zero-order chi connectivity index (χ0) is 27.7. The van der Waals surface area contributed by atoms with E-state index < -0.39 is 0 Å². The molecule has 8 nitrogen and oxygen atoms in total. The maximum Gasteiger partial charge on any atom is 0.185 e. The molecule has 1 unspecified atom stereocenters. The van der Waals surface area contributed by atoms with Crippen LogP contribution in [0.2, 0.25) is 0 Å². The molecule has 3 N–H and O–H groups in total. The van der Waals surface area contributed by atoms with Gasteiger partial charge >= 0.3 is 0 Å². The summed E-state index contributed by atoms with van der Waals surface area (Å²) < 4.78 is -0.385. The molecule has 4 aromatic rings. The lowest BCUT2D eigenvalue weighted by Gasteiger charge is -2.36. The lowest BCUT2D eigenvalue weighted by molar-refractivity contribution is -0.120. The van der Waals surface area contributed by atoms with Crippen molar-refractivity contribution in [3.05, 3.63) is 59.4 Å². The van der Waals surface area contributed by atoms with Crippen molar-refractivity contribution in [2.45, 2.75) is 43.4 Å². The molecular formula is C30H37N7OS2. The summed E-state index contributed by atoms with van der Waals surface area (Å²) in [5.74, 6) is 0.813. The van der Waals surface area contributed by atoms with Gasteiger partial charge in [-0.2, -0.15) is 5.10 Å². The van der Waals surface area contributed by atoms with Gasteiger partial charge in [0.1, 0.15) is 5.69 Å². The molecular weight excluding hydrogens is 539 g/mol. The number of carbonyl (C=O) groups is 1. The van der Waals surface area contributed by atoms with Gasteiger partial charge in [-0.15, -0.1) is 23.1 Å². The number of piperidine rings is 1. The minimum Gasteiger partial charge on any atom is -0.348 e. The number of nitrogens with zero attached hydrogens (tertiary/aromatic N) is 5. The van der Waals surface area contributed by atoms with Crippen LogP contribution in [0.15, 0.2) is 48.1 Å². The minimum atomic E-state index is -0.385. The first-order valence-corrected chi connectivity index (χ1v) is 16.2. The second-order valence-electron chi connectivity index (χ2n) is 11.2. The third kappa shape index (κ3) is 5.54. The molecule has 1 aromatic carbocycles. The smallest absolute Gasteiger partial charge is 0.185 e. The van der Waals surface area contributed by atoms with E-state index in [1.165, 1.54) is 0 Å². The Labute approximate surface area is 243 Å². The molecule has 0 saturated carbocycles. The Hall–Kier alpha value is -2.79. The molecule has 2 aliphatic heterocycles. The molecule has 0 spiro atoms. The topological polar surface area (TPSA) is 104 Å². The summed E-state index contributed by atoms with van der Waals surface area (Å²) in [6, 6.07) is 10.4. The Morgan fingerprint density at radius 2 is 2.05 bits per heavy atom. The molecule has 0 bridgehead atoms. The summed E-state index contributed by atoms with van der Waals surface area (Å²) in [5.41, 5.74) is 11.6. The number of hydrogen-bond acceptors (Lipinski definition) is 9. The van der Waals surface area contributed by atoms with Gasteiger partial charge in [-0.25, -0.2) is 4.98 Å². The van der Waals surface area contributed by atoms with Gasteiger partial charge in [-0.1, -0.05) is 6.07 Å². The first-order valence-electron chi connectivity index (χ1n) is 14.0. The maximum atomic E-state index is 13.8. The number of thioether (sulfide) groups is 1. The SMILES string of the molecule is CS[C@@]1(C(=O)Cc2ccc3[nH]nc(-c4ccnc(C)c4)c3c2)CCN(CC(N)C2CCN(c3nccs3)CC2)C1. The Kier molecular flexibility index (Phi) is 7.94. The molecule has 2 saturated heterocycles. The number of carbonyl (C=O) groups excluding carboxylic acids is 1. The zero-order valence-electron chi connectivity index (χ0n) is 23.2. The summed E-state index contributed by atoms with van der Waals surface area (Å²) >= 11 is 3.42. The van der Waals surface area contributed by atoms with Crippen LogP contribution in [0.4, 0.5) is 5.13 Å². The van der Waals surface area contributed by atoms with Crippen LogP contribution in [0.25, 0.3) is 22.2 Å². The first-order chi connectivity index (χ1) is 19.4. The van der Waals surface area contributed by atoms with E-state index in [1.54, 1.807) is 23.1 Å². The quantitative estimate of drug-likeness (QED) is 0.300. The number of likely N-dealkylation sites (tertiary alicyclic amines) is 1. The van der Waals surface area contributed by atoms with E-state index in [0.29, 0.717) is 18.1 Å². The average molecular weight is 576 g/mol. The van der Waals surface area contributed by atoms with E-state index in [4.69, 9.17) is 5.73 Å². The van der Waals surface area contributed by atoms with Crippen molar-refractivity contribution in [2.75, 3.05) is 43.9 Å². The molecule has 0 aliphatic carbocycles. The van der Waals surface area contributed by atoms with Crippen LogP contribution in [-0.4, -0.2) is 80.6 Å². The number of Topliss-reactive ketones (excluding diaryl/α,β-unsaturated/α-hetero) is 1. The zero-order valence-corrected chi connectivity index (χ0v) is 24.8. The normalized spacial score (nSPS) is 21.3. The Bertz CT molecular complexity index is 1460. The number of H-pyrrole nitrogens is 1. The van der Waals surface area contributed by atoms with Crippen molar-refractivity contribution in [2.24, 2.45) is 11.7 Å². The van der Waals surface area contributed by atoms with Gasteiger partial charge < -0.3 is 10.6 Å². The summed E-state index contributed by atoms with van der Waals surface area (Å²) in [4.78, 5) is 27.4. The van der Waals surface area contributed by atoms with Crippen LogP contribution < -0.4 is 10.6 Å². The number of benzene rings is 1. The molecule has 5 heterocycles. The Morgan fingerprint density at radius 1 is 1.20 bits per heavy atom. The number of aryl methyl sites for hydroxylation is 1. The number of ketones is 1. The fraction of sp³-hybridized carbons (Fsp3) is 0.467. The number of aromatic amines is 1. The molecule has 210 valence electrons. The second-order valence-corrected chi connectivity index (χ2v) is 13.3. The van der Waals surface area contributed by atoms with Crippen molar-refractivity contribution in [3.63, 3.8) is 0 Å². The van der Waals surface area contributed by atoms with Crippen LogP contribution in [0.3, 0.4) is 0 Å². The van der Waals surface area contributed by atoms with Gasteiger partial charge in [0.05, 0.1) is 10.3 Å². The average Bonchev–Trinajstić information content (AvgIpc) is 3.73. The molecule has 2 fully saturated rings. The van der Waals surface area contributed by atoms with Crippen LogP contribution in [-0.2, 0) is 11.2 Å². The number of nitrogens with one attached hydrogen (secondary N) is 1. The fourth-order valence-corrected chi connectivity index (χ4v) is 7.89. The Morgan fingerprint density at radius 3 is 2.80 bits per heavy atom. The molecule has 2 atom stereocenters.